The lowest BCUT2D eigenvalue weighted by atomic mass is 9.85. The number of benzene rings is 2. The van der Waals surface area contributed by atoms with Crippen LogP contribution in [-0.2, 0) is 0 Å². The van der Waals surface area contributed by atoms with Gasteiger partial charge in [0, 0.05) is 11.8 Å². The molecular formula is C21H22N2O3. The van der Waals surface area contributed by atoms with Crippen LogP contribution in [0.2, 0.25) is 0 Å². The first-order valence-electron chi connectivity index (χ1n) is 9.40. The van der Waals surface area contributed by atoms with Crippen molar-refractivity contribution in [1.82, 2.24) is 0 Å². The van der Waals surface area contributed by atoms with Crippen molar-refractivity contribution in [2.45, 2.75) is 38.3 Å². The zero-order valence-corrected chi connectivity index (χ0v) is 14.6. The maximum absolute atomic E-state index is 13.4. The van der Waals surface area contributed by atoms with Gasteiger partial charge in [-0.15, -0.1) is 0 Å². The predicted octanol–water partition coefficient (Wildman–Crippen LogP) is 4.39. The first-order chi connectivity index (χ1) is 12.8. The van der Waals surface area contributed by atoms with Gasteiger partial charge >= 0.3 is 0 Å². The lowest BCUT2D eigenvalue weighted by Gasteiger charge is -2.43. The lowest BCUT2D eigenvalue weighted by molar-refractivity contribution is 0.0961. The van der Waals surface area contributed by atoms with Gasteiger partial charge in [-0.2, -0.15) is 0 Å². The van der Waals surface area contributed by atoms with Gasteiger partial charge in [0.15, 0.2) is 11.5 Å². The Morgan fingerprint density at radius 2 is 1.77 bits per heavy atom. The minimum Gasteiger partial charge on any atom is -0.454 e. The molecule has 3 aliphatic rings. The van der Waals surface area contributed by atoms with Crippen molar-refractivity contribution in [2.75, 3.05) is 17.0 Å². The number of carbonyl (C=O) groups is 1. The molecule has 2 aliphatic heterocycles. The molecule has 1 atom stereocenters. The number of amides is 1. The van der Waals surface area contributed by atoms with Crippen LogP contribution in [0.4, 0.5) is 11.4 Å². The molecule has 0 spiro atoms. The van der Waals surface area contributed by atoms with E-state index in [1.165, 1.54) is 19.3 Å². The van der Waals surface area contributed by atoms with Crippen LogP contribution in [-0.4, -0.2) is 18.9 Å². The molecule has 0 saturated heterocycles. The van der Waals surface area contributed by atoms with Crippen LogP contribution in [0.15, 0.2) is 42.5 Å². The van der Waals surface area contributed by atoms with Crippen molar-refractivity contribution < 1.29 is 14.3 Å². The summed E-state index contributed by atoms with van der Waals surface area (Å²) in [6.45, 7) is 0.236. The van der Waals surface area contributed by atoms with Gasteiger partial charge in [0.1, 0.15) is 6.17 Å². The third-order valence-electron chi connectivity index (χ3n) is 5.69. The van der Waals surface area contributed by atoms with E-state index in [0.29, 0.717) is 11.7 Å². The zero-order chi connectivity index (χ0) is 17.5. The standard InChI is InChI=1S/C21H22N2O3/c24-21-16-8-4-5-9-17(16)22-20(14-6-2-1-3-7-14)23(21)15-10-11-18-19(12-15)26-13-25-18/h4-5,8-12,14,20,22H,1-3,6-7,13H2/t20-/m1/s1. The van der Waals surface area contributed by atoms with Crippen LogP contribution in [0.5, 0.6) is 11.5 Å². The zero-order valence-electron chi connectivity index (χ0n) is 14.6. The lowest BCUT2D eigenvalue weighted by Crippen LogP contribution is -2.53. The topological polar surface area (TPSA) is 50.8 Å². The van der Waals surface area contributed by atoms with Crippen LogP contribution >= 0.6 is 0 Å². The molecule has 2 aromatic rings. The number of nitrogens with one attached hydrogen (secondary N) is 1. The van der Waals surface area contributed by atoms with Gasteiger partial charge in [-0.25, -0.2) is 0 Å². The van der Waals surface area contributed by atoms with Crippen molar-refractivity contribution >= 4 is 17.3 Å². The van der Waals surface area contributed by atoms with E-state index in [1.54, 1.807) is 0 Å². The van der Waals surface area contributed by atoms with E-state index in [9.17, 15) is 4.79 Å². The summed E-state index contributed by atoms with van der Waals surface area (Å²) in [5, 5.41) is 3.65. The Hall–Kier alpha value is -2.69. The second-order valence-corrected chi connectivity index (χ2v) is 7.25. The second-order valence-electron chi connectivity index (χ2n) is 7.25. The Bertz CT molecular complexity index is 845. The molecule has 2 heterocycles. The molecule has 1 saturated carbocycles. The SMILES string of the molecule is O=C1c2ccccc2N[C@@H](C2CCCCC2)N1c1ccc2c(c1)OCO2. The highest BCUT2D eigenvalue weighted by Crippen LogP contribution is 2.41. The second kappa shape index (κ2) is 6.24. The van der Waals surface area contributed by atoms with Gasteiger partial charge in [0.25, 0.3) is 5.91 Å². The average molecular weight is 350 g/mol. The minimum atomic E-state index is -0.0296. The molecule has 134 valence electrons. The molecule has 26 heavy (non-hydrogen) atoms. The Morgan fingerprint density at radius 1 is 0.962 bits per heavy atom. The summed E-state index contributed by atoms with van der Waals surface area (Å²) < 4.78 is 11.0. The van der Waals surface area contributed by atoms with Gasteiger partial charge in [-0.1, -0.05) is 31.4 Å². The van der Waals surface area contributed by atoms with Crippen molar-refractivity contribution in [3.05, 3.63) is 48.0 Å². The summed E-state index contributed by atoms with van der Waals surface area (Å²) in [6.07, 6.45) is 6.01. The summed E-state index contributed by atoms with van der Waals surface area (Å²) >= 11 is 0. The first kappa shape index (κ1) is 15.6. The van der Waals surface area contributed by atoms with Gasteiger partial charge < -0.3 is 14.8 Å². The maximum Gasteiger partial charge on any atom is 0.262 e. The molecule has 5 rings (SSSR count). The summed E-state index contributed by atoms with van der Waals surface area (Å²) in [5.41, 5.74) is 2.51. The molecule has 5 heteroatoms. The molecule has 1 amide bonds. The van der Waals surface area contributed by atoms with Crippen molar-refractivity contribution in [1.29, 1.82) is 0 Å². The normalized spacial score (nSPS) is 22.1. The fourth-order valence-electron chi connectivity index (χ4n) is 4.37. The molecule has 0 bridgehead atoms. The van der Waals surface area contributed by atoms with Gasteiger partial charge in [-0.3, -0.25) is 9.69 Å². The summed E-state index contributed by atoms with van der Waals surface area (Å²) in [6, 6.07) is 13.6. The molecule has 1 N–H and O–H groups in total. The van der Waals surface area contributed by atoms with E-state index in [-0.39, 0.29) is 18.9 Å². The number of ether oxygens (including phenoxy) is 2. The molecule has 0 radical (unpaired) electrons. The minimum absolute atomic E-state index is 0.0296. The molecule has 0 aromatic heterocycles. The third kappa shape index (κ3) is 2.50. The van der Waals surface area contributed by atoms with Crippen LogP contribution in [0.25, 0.3) is 0 Å². The van der Waals surface area contributed by atoms with Crippen LogP contribution in [0.1, 0.15) is 42.5 Å². The van der Waals surface area contributed by atoms with Crippen LogP contribution < -0.4 is 19.7 Å². The number of hydrogen-bond donors (Lipinski definition) is 1. The number of rotatable bonds is 2. The average Bonchev–Trinajstić information content (AvgIpc) is 3.16. The van der Waals surface area contributed by atoms with E-state index in [2.05, 4.69) is 5.32 Å². The summed E-state index contributed by atoms with van der Waals surface area (Å²) in [5.74, 6) is 1.94. The molecule has 0 unspecified atom stereocenters. The Labute approximate surface area is 152 Å². The molecular weight excluding hydrogens is 328 g/mol. The smallest absolute Gasteiger partial charge is 0.262 e. The monoisotopic (exact) mass is 350 g/mol. The molecule has 1 aliphatic carbocycles. The predicted molar refractivity (Wildman–Crippen MR) is 99.8 cm³/mol. The van der Waals surface area contributed by atoms with Crippen LogP contribution in [0, 0.1) is 5.92 Å². The van der Waals surface area contributed by atoms with E-state index >= 15 is 0 Å². The fourth-order valence-corrected chi connectivity index (χ4v) is 4.37. The summed E-state index contributed by atoms with van der Waals surface area (Å²) in [4.78, 5) is 15.3. The molecule has 5 nitrogen and oxygen atoms in total. The van der Waals surface area contributed by atoms with Crippen molar-refractivity contribution in [3.8, 4) is 11.5 Å². The number of fused-ring (bicyclic) bond motifs is 2. The van der Waals surface area contributed by atoms with E-state index in [0.717, 1.165) is 35.5 Å². The van der Waals surface area contributed by atoms with Gasteiger partial charge in [0.05, 0.1) is 11.3 Å². The van der Waals surface area contributed by atoms with E-state index in [4.69, 9.17) is 9.47 Å². The number of para-hydroxylation sites is 1. The number of carbonyl (C=O) groups excluding carboxylic acids is 1. The van der Waals surface area contributed by atoms with Gasteiger partial charge in [0.2, 0.25) is 6.79 Å². The largest absolute Gasteiger partial charge is 0.454 e. The highest BCUT2D eigenvalue weighted by molar-refractivity contribution is 6.12. The highest BCUT2D eigenvalue weighted by atomic mass is 16.7. The quantitative estimate of drug-likeness (QED) is 0.872. The molecule has 2 aromatic carbocycles. The Balaban J connectivity index is 1.58. The first-order valence-corrected chi connectivity index (χ1v) is 9.40. The van der Waals surface area contributed by atoms with Crippen molar-refractivity contribution in [3.63, 3.8) is 0 Å². The maximum atomic E-state index is 13.4. The van der Waals surface area contributed by atoms with Crippen LogP contribution in [0.3, 0.4) is 0 Å². The summed E-state index contributed by atoms with van der Waals surface area (Å²) in [7, 11) is 0. The number of hydrogen-bond acceptors (Lipinski definition) is 4. The van der Waals surface area contributed by atoms with E-state index < -0.39 is 0 Å². The highest BCUT2D eigenvalue weighted by Gasteiger charge is 2.38. The third-order valence-corrected chi connectivity index (χ3v) is 5.69. The van der Waals surface area contributed by atoms with Crippen molar-refractivity contribution in [2.24, 2.45) is 5.92 Å². The van der Waals surface area contributed by atoms with Gasteiger partial charge in [-0.05, 0) is 43.0 Å². The fraction of sp³-hybridized carbons (Fsp3) is 0.381. The number of nitrogens with zero attached hydrogens (tertiary/aromatic N) is 1. The molecule has 1 fully saturated rings. The Morgan fingerprint density at radius 3 is 2.65 bits per heavy atom. The van der Waals surface area contributed by atoms with E-state index in [1.807, 2.05) is 47.4 Å². The Kier molecular flexibility index (Phi) is 3.73. The number of anilines is 2.